The maximum absolute atomic E-state index is 12.2. The van der Waals surface area contributed by atoms with Gasteiger partial charge in [-0.3, -0.25) is 4.79 Å². The monoisotopic (exact) mass is 452 g/mol. The molecule has 174 valence electrons. The van der Waals surface area contributed by atoms with Gasteiger partial charge >= 0.3 is 0 Å². The van der Waals surface area contributed by atoms with Crippen LogP contribution in [-0.4, -0.2) is 59.9 Å². The van der Waals surface area contributed by atoms with Crippen molar-refractivity contribution >= 4 is 16.9 Å². The molecule has 0 saturated carbocycles. The van der Waals surface area contributed by atoms with Crippen molar-refractivity contribution in [1.82, 2.24) is 19.8 Å². The first-order valence-electron chi connectivity index (χ1n) is 12.0. The summed E-state index contributed by atoms with van der Waals surface area (Å²) in [5.74, 6) is 0.665. The molecular formula is C29H32N4O. The van der Waals surface area contributed by atoms with E-state index in [-0.39, 0.29) is 5.91 Å². The van der Waals surface area contributed by atoms with E-state index < -0.39 is 0 Å². The Balaban J connectivity index is 1.45. The van der Waals surface area contributed by atoms with Crippen molar-refractivity contribution in [2.45, 2.75) is 25.7 Å². The normalized spacial score (nSPS) is 15.1. The maximum atomic E-state index is 12.2. The number of carbonyl (C=O) groups is 1. The van der Waals surface area contributed by atoms with Crippen molar-refractivity contribution in [1.29, 1.82) is 0 Å². The summed E-state index contributed by atoms with van der Waals surface area (Å²) in [5.41, 5.74) is 8.87. The molecule has 1 saturated heterocycles. The quantitative estimate of drug-likeness (QED) is 0.431. The fourth-order valence-corrected chi connectivity index (χ4v) is 5.08. The van der Waals surface area contributed by atoms with Crippen LogP contribution in [-0.2, 0) is 0 Å². The molecule has 2 aromatic heterocycles. The lowest BCUT2D eigenvalue weighted by Gasteiger charge is -2.30. The van der Waals surface area contributed by atoms with Gasteiger partial charge in [0.15, 0.2) is 0 Å². The molecule has 0 unspecified atom stereocenters. The van der Waals surface area contributed by atoms with Crippen molar-refractivity contribution in [3.63, 3.8) is 0 Å². The van der Waals surface area contributed by atoms with Gasteiger partial charge in [0.1, 0.15) is 5.65 Å². The number of aromatic nitrogens is 2. The van der Waals surface area contributed by atoms with E-state index in [1.165, 1.54) is 42.6 Å². The van der Waals surface area contributed by atoms with Gasteiger partial charge in [0, 0.05) is 48.6 Å². The Morgan fingerprint density at radius 3 is 2.38 bits per heavy atom. The third-order valence-corrected chi connectivity index (χ3v) is 7.14. The van der Waals surface area contributed by atoms with Gasteiger partial charge in [-0.2, -0.15) is 0 Å². The van der Waals surface area contributed by atoms with E-state index in [0.717, 1.165) is 27.7 Å². The molecule has 0 atom stereocenters. The first-order chi connectivity index (χ1) is 16.4. The minimum atomic E-state index is 0.00786. The predicted octanol–water partition coefficient (Wildman–Crippen LogP) is 5.72. The zero-order valence-corrected chi connectivity index (χ0v) is 20.4. The molecule has 1 aliphatic heterocycles. The summed E-state index contributed by atoms with van der Waals surface area (Å²) in [6.07, 6.45) is 6.41. The summed E-state index contributed by atoms with van der Waals surface area (Å²) < 4.78 is 0. The average Bonchev–Trinajstić information content (AvgIpc) is 3.27. The van der Waals surface area contributed by atoms with Crippen molar-refractivity contribution in [3.8, 4) is 22.3 Å². The van der Waals surface area contributed by atoms with Gasteiger partial charge < -0.3 is 14.8 Å². The molecule has 0 spiro atoms. The van der Waals surface area contributed by atoms with E-state index in [1.54, 1.807) is 19.0 Å². The maximum Gasteiger partial charge on any atom is 0.253 e. The second kappa shape index (κ2) is 9.07. The van der Waals surface area contributed by atoms with E-state index in [4.69, 9.17) is 4.98 Å². The van der Waals surface area contributed by atoms with Crippen LogP contribution in [0.1, 0.15) is 40.2 Å². The summed E-state index contributed by atoms with van der Waals surface area (Å²) in [5, 5.41) is 1.08. The molecule has 0 radical (unpaired) electrons. The molecule has 5 rings (SSSR count). The van der Waals surface area contributed by atoms with E-state index in [9.17, 15) is 4.79 Å². The van der Waals surface area contributed by atoms with Gasteiger partial charge in [-0.05, 0) is 86.3 Å². The number of aromatic amines is 1. The van der Waals surface area contributed by atoms with Gasteiger partial charge in [0.25, 0.3) is 5.91 Å². The number of fused-ring (bicyclic) bond motifs is 1. The van der Waals surface area contributed by atoms with Gasteiger partial charge in [-0.15, -0.1) is 0 Å². The highest BCUT2D eigenvalue weighted by atomic mass is 16.2. The summed E-state index contributed by atoms with van der Waals surface area (Å²) in [6, 6.07) is 16.9. The largest absolute Gasteiger partial charge is 0.346 e. The summed E-state index contributed by atoms with van der Waals surface area (Å²) in [6.45, 7) is 4.58. The minimum absolute atomic E-state index is 0.00786. The van der Waals surface area contributed by atoms with E-state index in [0.29, 0.717) is 11.5 Å². The Kier molecular flexibility index (Phi) is 5.96. The van der Waals surface area contributed by atoms with Gasteiger partial charge in [0.05, 0.1) is 0 Å². The number of hydrogen-bond acceptors (Lipinski definition) is 3. The fourth-order valence-electron chi connectivity index (χ4n) is 5.08. The third-order valence-electron chi connectivity index (χ3n) is 7.14. The highest BCUT2D eigenvalue weighted by Gasteiger charge is 2.20. The fraction of sp³-hybridized carbons (Fsp3) is 0.310. The van der Waals surface area contributed by atoms with Gasteiger partial charge in [-0.1, -0.05) is 30.3 Å². The van der Waals surface area contributed by atoms with Crippen molar-refractivity contribution in [2.75, 3.05) is 34.2 Å². The Bertz CT molecular complexity index is 1330. The van der Waals surface area contributed by atoms with Crippen LogP contribution in [0.15, 0.2) is 60.9 Å². The second-order valence-corrected chi connectivity index (χ2v) is 9.75. The number of carbonyl (C=O) groups excluding carboxylic acids is 1. The van der Waals surface area contributed by atoms with Crippen LogP contribution in [0.4, 0.5) is 0 Å². The molecule has 34 heavy (non-hydrogen) atoms. The summed E-state index contributed by atoms with van der Waals surface area (Å²) >= 11 is 0. The van der Waals surface area contributed by atoms with E-state index in [2.05, 4.69) is 48.1 Å². The molecule has 1 aliphatic rings. The Hall–Kier alpha value is -3.44. The molecule has 3 heterocycles. The van der Waals surface area contributed by atoms with Crippen LogP contribution in [0.25, 0.3) is 33.3 Å². The number of amides is 1. The average molecular weight is 453 g/mol. The third kappa shape index (κ3) is 4.24. The lowest BCUT2D eigenvalue weighted by Crippen LogP contribution is -2.29. The SMILES string of the molecule is Cc1cc(-c2cnc3[nH]cc(-c4ccc(C(=O)N(C)C)cc4)c3c2)ccc1C1CCN(C)CC1. The molecular weight excluding hydrogens is 420 g/mol. The number of piperidine rings is 1. The Morgan fingerprint density at radius 2 is 1.71 bits per heavy atom. The van der Waals surface area contributed by atoms with Crippen molar-refractivity contribution < 1.29 is 4.79 Å². The van der Waals surface area contributed by atoms with Crippen LogP contribution in [0.3, 0.4) is 0 Å². The minimum Gasteiger partial charge on any atom is -0.346 e. The second-order valence-electron chi connectivity index (χ2n) is 9.75. The molecule has 4 aromatic rings. The van der Waals surface area contributed by atoms with Gasteiger partial charge in [0.2, 0.25) is 0 Å². The predicted molar refractivity (Wildman–Crippen MR) is 139 cm³/mol. The topological polar surface area (TPSA) is 52.2 Å². The number of nitrogens with zero attached hydrogens (tertiary/aromatic N) is 3. The van der Waals surface area contributed by atoms with E-state index in [1.807, 2.05) is 36.7 Å². The van der Waals surface area contributed by atoms with Crippen LogP contribution in [0, 0.1) is 6.92 Å². The lowest BCUT2D eigenvalue weighted by atomic mass is 9.86. The molecule has 1 amide bonds. The number of rotatable bonds is 4. The van der Waals surface area contributed by atoms with E-state index >= 15 is 0 Å². The Morgan fingerprint density at radius 1 is 1.00 bits per heavy atom. The lowest BCUT2D eigenvalue weighted by molar-refractivity contribution is 0.0827. The number of H-pyrrole nitrogens is 1. The summed E-state index contributed by atoms with van der Waals surface area (Å²) in [4.78, 5) is 24.2. The number of likely N-dealkylation sites (tertiary alicyclic amines) is 1. The molecule has 5 nitrogen and oxygen atoms in total. The van der Waals surface area contributed by atoms with Gasteiger partial charge in [-0.25, -0.2) is 4.98 Å². The first kappa shape index (κ1) is 22.4. The number of hydrogen-bond donors (Lipinski definition) is 1. The number of pyridine rings is 1. The molecule has 0 aliphatic carbocycles. The highest BCUT2D eigenvalue weighted by molar-refractivity contribution is 5.98. The molecule has 1 fully saturated rings. The zero-order valence-electron chi connectivity index (χ0n) is 20.4. The standard InChI is InChI=1S/C29H32N4O/c1-19-15-23(9-10-25(19)21-11-13-33(4)14-12-21)24-16-26-27(18-31-28(26)30-17-24)20-5-7-22(8-6-20)29(34)32(2)3/h5-10,15-18,21H,11-14H2,1-4H3,(H,30,31). The van der Waals surface area contributed by atoms with Crippen LogP contribution < -0.4 is 0 Å². The zero-order chi connectivity index (χ0) is 23.8. The number of benzene rings is 2. The van der Waals surface area contributed by atoms with Crippen LogP contribution in [0.5, 0.6) is 0 Å². The highest BCUT2D eigenvalue weighted by Crippen LogP contribution is 2.34. The molecule has 5 heteroatoms. The summed E-state index contributed by atoms with van der Waals surface area (Å²) in [7, 11) is 5.75. The number of nitrogens with one attached hydrogen (secondary N) is 1. The van der Waals surface area contributed by atoms with Crippen molar-refractivity contribution in [3.05, 3.63) is 77.6 Å². The molecule has 2 aromatic carbocycles. The number of aryl methyl sites for hydroxylation is 1. The molecule has 0 bridgehead atoms. The first-order valence-corrected chi connectivity index (χ1v) is 12.0. The van der Waals surface area contributed by atoms with Crippen LogP contribution >= 0.6 is 0 Å². The Labute approximate surface area is 201 Å². The van der Waals surface area contributed by atoms with Crippen LogP contribution in [0.2, 0.25) is 0 Å². The van der Waals surface area contributed by atoms with Crippen molar-refractivity contribution in [2.24, 2.45) is 0 Å². The smallest absolute Gasteiger partial charge is 0.253 e. The molecule has 1 N–H and O–H groups in total.